The van der Waals surface area contributed by atoms with Gasteiger partial charge in [-0.05, 0) is 36.4 Å². The number of ether oxygens (including phenoxy) is 4. The maximum absolute atomic E-state index is 5.82. The summed E-state index contributed by atoms with van der Waals surface area (Å²) in [6.07, 6.45) is 0. The van der Waals surface area contributed by atoms with Gasteiger partial charge >= 0.3 is 0 Å². The van der Waals surface area contributed by atoms with Gasteiger partial charge in [-0.25, -0.2) is 0 Å². The van der Waals surface area contributed by atoms with Crippen LogP contribution in [0, 0.1) is 0 Å². The Hall–Kier alpha value is -4.77. The van der Waals surface area contributed by atoms with Crippen molar-refractivity contribution in [3.63, 3.8) is 0 Å². The van der Waals surface area contributed by atoms with Crippen LogP contribution in [0.15, 0.2) is 66.7 Å². The molecular weight excluding hydrogens is 510 g/mol. The highest BCUT2D eigenvalue weighted by Crippen LogP contribution is 2.44. The number of hydrogen-bond donors (Lipinski definition) is 2. The van der Waals surface area contributed by atoms with Crippen LogP contribution in [0.4, 0.5) is 34.9 Å². The van der Waals surface area contributed by atoms with E-state index in [1.807, 2.05) is 71.6 Å². The average molecular weight is 544 g/mol. The minimum absolute atomic E-state index is 0.355. The second-order valence-corrected chi connectivity index (χ2v) is 8.85. The van der Waals surface area contributed by atoms with Crippen LogP contribution < -0.4 is 39.4 Å². The van der Waals surface area contributed by atoms with Gasteiger partial charge in [0.15, 0.2) is 23.0 Å². The minimum atomic E-state index is 0.355. The Labute approximate surface area is 233 Å². The molecule has 2 N–H and O–H groups in total. The molecule has 0 unspecified atom stereocenters. The van der Waals surface area contributed by atoms with Crippen LogP contribution in [0.3, 0.4) is 0 Å². The molecule has 0 bridgehead atoms. The summed E-state index contributed by atoms with van der Waals surface area (Å²) in [5, 5.41) is 6.72. The molecule has 0 spiro atoms. The summed E-state index contributed by atoms with van der Waals surface area (Å²) in [5.74, 6) is 3.61. The van der Waals surface area contributed by atoms with E-state index in [1.165, 1.54) is 0 Å². The van der Waals surface area contributed by atoms with E-state index in [9.17, 15) is 0 Å². The molecule has 0 amide bonds. The third kappa shape index (κ3) is 5.50. The lowest BCUT2D eigenvalue weighted by Gasteiger charge is -2.30. The van der Waals surface area contributed by atoms with Gasteiger partial charge in [0, 0.05) is 31.9 Å². The molecule has 0 aliphatic carbocycles. The van der Waals surface area contributed by atoms with Gasteiger partial charge in [0.1, 0.15) is 0 Å². The fourth-order valence-corrected chi connectivity index (χ4v) is 4.61. The van der Waals surface area contributed by atoms with Crippen molar-refractivity contribution in [3.8, 4) is 23.0 Å². The highest BCUT2D eigenvalue weighted by atomic mass is 16.5. The largest absolute Gasteiger partial charge is 0.493 e. The molecule has 1 aliphatic heterocycles. The van der Waals surface area contributed by atoms with Crippen molar-refractivity contribution < 1.29 is 18.9 Å². The summed E-state index contributed by atoms with van der Waals surface area (Å²) in [7, 11) is 6.43. The fraction of sp³-hybridized carbons (Fsp3) is 0.276. The summed E-state index contributed by atoms with van der Waals surface area (Å²) in [6, 6.07) is 21.2. The van der Waals surface area contributed by atoms with Gasteiger partial charge < -0.3 is 34.5 Å². The molecule has 2 heterocycles. The third-order valence-corrected chi connectivity index (χ3v) is 6.50. The molecule has 5 rings (SSSR count). The monoisotopic (exact) mass is 543 g/mol. The maximum Gasteiger partial charge on any atom is 0.241 e. The lowest BCUT2D eigenvalue weighted by Crippen LogP contribution is -2.44. The van der Waals surface area contributed by atoms with Crippen molar-refractivity contribution in [1.82, 2.24) is 20.3 Å². The van der Waals surface area contributed by atoms with Gasteiger partial charge in [-0.1, -0.05) is 30.3 Å². The summed E-state index contributed by atoms with van der Waals surface area (Å²) in [4.78, 5) is 18.8. The van der Waals surface area contributed by atoms with Crippen LogP contribution in [0.5, 0.6) is 23.0 Å². The van der Waals surface area contributed by atoms with E-state index in [-0.39, 0.29) is 0 Å². The van der Waals surface area contributed by atoms with Crippen LogP contribution in [0.2, 0.25) is 0 Å². The Kier molecular flexibility index (Phi) is 8.31. The number of aromatic nitrogens is 3. The van der Waals surface area contributed by atoms with Crippen molar-refractivity contribution >= 4 is 34.9 Å². The second kappa shape index (κ2) is 12.4. The number of methoxy groups -OCH3 is 4. The number of piperazine rings is 1. The quantitative estimate of drug-likeness (QED) is 0.295. The molecule has 0 atom stereocenters. The molecule has 3 aromatic carbocycles. The highest BCUT2D eigenvalue weighted by molar-refractivity contribution is 5.80. The Morgan fingerprint density at radius 2 is 1.40 bits per heavy atom. The third-order valence-electron chi connectivity index (χ3n) is 6.50. The highest BCUT2D eigenvalue weighted by Gasteiger charge is 2.25. The fourth-order valence-electron chi connectivity index (χ4n) is 4.61. The van der Waals surface area contributed by atoms with Crippen molar-refractivity contribution in [3.05, 3.63) is 66.7 Å². The first-order valence-electron chi connectivity index (χ1n) is 12.9. The summed E-state index contributed by atoms with van der Waals surface area (Å²) >= 11 is 0. The Bertz CT molecular complexity index is 1430. The molecular formula is C29H33N7O4. The van der Waals surface area contributed by atoms with Gasteiger partial charge in [-0.2, -0.15) is 15.0 Å². The van der Waals surface area contributed by atoms with Crippen molar-refractivity contribution in [1.29, 1.82) is 0 Å². The van der Waals surface area contributed by atoms with Gasteiger partial charge in [0.25, 0.3) is 0 Å². The van der Waals surface area contributed by atoms with Gasteiger partial charge in [0.2, 0.25) is 17.8 Å². The van der Waals surface area contributed by atoms with E-state index < -0.39 is 0 Å². The molecule has 0 saturated carbocycles. The Morgan fingerprint density at radius 1 is 0.725 bits per heavy atom. The second-order valence-electron chi connectivity index (χ2n) is 8.85. The van der Waals surface area contributed by atoms with Crippen LogP contribution in [0.1, 0.15) is 0 Å². The standard InChI is InChI=1S/C29H33N7O4/c1-37-23-14-8-12-21(25(23)39-3)31-27-32-28(35-18-16-30-17-19-35)34-29(33-27)36(20-10-6-5-7-11-20)22-13-9-15-24(38-2)26(22)40-4/h5-15,30H,16-19H2,1-4H3,(H,31,32,33,34). The smallest absolute Gasteiger partial charge is 0.241 e. The summed E-state index contributed by atoms with van der Waals surface area (Å²) in [5.41, 5.74) is 2.22. The van der Waals surface area contributed by atoms with Crippen LogP contribution in [0.25, 0.3) is 0 Å². The van der Waals surface area contributed by atoms with Crippen LogP contribution >= 0.6 is 0 Å². The van der Waals surface area contributed by atoms with E-state index in [0.717, 1.165) is 37.6 Å². The first-order valence-corrected chi connectivity index (χ1v) is 12.9. The number of hydrogen-bond acceptors (Lipinski definition) is 11. The zero-order valence-electron chi connectivity index (χ0n) is 23.0. The molecule has 1 fully saturated rings. The first kappa shape index (κ1) is 26.8. The normalized spacial score (nSPS) is 12.9. The minimum Gasteiger partial charge on any atom is -0.493 e. The van der Waals surface area contributed by atoms with Gasteiger partial charge in [-0.15, -0.1) is 0 Å². The van der Waals surface area contributed by atoms with Crippen LogP contribution in [-0.2, 0) is 0 Å². The first-order chi connectivity index (χ1) is 19.7. The zero-order valence-corrected chi connectivity index (χ0v) is 23.0. The van der Waals surface area contributed by atoms with Gasteiger partial charge in [0.05, 0.1) is 39.8 Å². The molecule has 4 aromatic rings. The molecule has 0 radical (unpaired) electrons. The molecule has 11 heteroatoms. The number of anilines is 6. The van der Waals surface area contributed by atoms with Gasteiger partial charge in [-0.3, -0.25) is 4.90 Å². The number of nitrogens with zero attached hydrogens (tertiary/aromatic N) is 5. The predicted octanol–water partition coefficient (Wildman–Crippen LogP) is 4.53. The molecule has 1 saturated heterocycles. The summed E-state index contributed by atoms with van der Waals surface area (Å²) in [6.45, 7) is 3.19. The molecule has 208 valence electrons. The van der Waals surface area contributed by atoms with Crippen molar-refractivity contribution in [2.45, 2.75) is 0 Å². The lowest BCUT2D eigenvalue weighted by atomic mass is 10.2. The SMILES string of the molecule is COc1cccc(Nc2nc(N3CCNCC3)nc(N(c3ccccc3)c3cccc(OC)c3OC)n2)c1OC. The topological polar surface area (TPSA) is 106 Å². The van der Waals surface area contributed by atoms with E-state index in [0.29, 0.717) is 46.5 Å². The number of para-hydroxylation sites is 3. The Balaban J connectivity index is 1.69. The zero-order chi connectivity index (χ0) is 27.9. The van der Waals surface area contributed by atoms with Crippen molar-refractivity contribution in [2.24, 2.45) is 0 Å². The van der Waals surface area contributed by atoms with Crippen LogP contribution in [-0.4, -0.2) is 69.6 Å². The van der Waals surface area contributed by atoms with E-state index in [1.54, 1.807) is 28.4 Å². The molecule has 40 heavy (non-hydrogen) atoms. The Morgan fingerprint density at radius 3 is 2.08 bits per heavy atom. The van der Waals surface area contributed by atoms with Crippen molar-refractivity contribution in [2.75, 3.05) is 69.7 Å². The van der Waals surface area contributed by atoms with E-state index in [4.69, 9.17) is 33.9 Å². The molecule has 1 aromatic heterocycles. The lowest BCUT2D eigenvalue weighted by molar-refractivity contribution is 0.356. The number of nitrogens with one attached hydrogen (secondary N) is 2. The molecule has 1 aliphatic rings. The van der Waals surface area contributed by atoms with E-state index in [2.05, 4.69) is 15.5 Å². The molecule has 11 nitrogen and oxygen atoms in total. The number of benzene rings is 3. The van der Waals surface area contributed by atoms with E-state index >= 15 is 0 Å². The average Bonchev–Trinajstić information content (AvgIpc) is 3.01. The predicted molar refractivity (Wildman–Crippen MR) is 156 cm³/mol. The number of rotatable bonds is 10. The maximum atomic E-state index is 5.82. The summed E-state index contributed by atoms with van der Waals surface area (Å²) < 4.78 is 22.6.